The highest BCUT2D eigenvalue weighted by Gasteiger charge is 2.28. The maximum atomic E-state index is 12.7. The number of hydrogen-bond donors (Lipinski definition) is 1. The van der Waals surface area contributed by atoms with Crippen LogP contribution < -0.4 is 5.32 Å². The number of piperidine rings is 1. The number of carbonyl (C=O) groups is 2. The summed E-state index contributed by atoms with van der Waals surface area (Å²) in [5.74, 6) is 0.941. The van der Waals surface area contributed by atoms with Gasteiger partial charge in [0.2, 0.25) is 23.5 Å². The molecule has 2 amide bonds. The van der Waals surface area contributed by atoms with E-state index in [-0.39, 0.29) is 17.7 Å². The third-order valence-corrected chi connectivity index (χ3v) is 5.47. The SMILES string of the molecule is CCC(=O)Nc1cccc(-c2noc([C@@H]3CCCN(C(=O)/C=C/c4ccccc4)C3)n2)c1. The number of nitrogens with zero attached hydrogens (tertiary/aromatic N) is 3. The van der Waals surface area contributed by atoms with Crippen LogP contribution in [0.15, 0.2) is 65.2 Å². The van der Waals surface area contributed by atoms with E-state index in [4.69, 9.17) is 4.52 Å². The molecule has 0 saturated carbocycles. The van der Waals surface area contributed by atoms with Crippen LogP contribution >= 0.6 is 0 Å². The Labute approximate surface area is 187 Å². The van der Waals surface area contributed by atoms with Crippen molar-refractivity contribution in [2.45, 2.75) is 32.1 Å². The van der Waals surface area contributed by atoms with Gasteiger partial charge in [0.25, 0.3) is 0 Å². The monoisotopic (exact) mass is 430 g/mol. The van der Waals surface area contributed by atoms with Crippen molar-refractivity contribution < 1.29 is 14.1 Å². The number of benzene rings is 2. The van der Waals surface area contributed by atoms with Gasteiger partial charge in [0.1, 0.15) is 0 Å². The Hall–Kier alpha value is -3.74. The molecule has 7 nitrogen and oxygen atoms in total. The zero-order valence-corrected chi connectivity index (χ0v) is 18.0. The maximum absolute atomic E-state index is 12.7. The van der Waals surface area contributed by atoms with E-state index in [1.807, 2.05) is 65.6 Å². The van der Waals surface area contributed by atoms with E-state index in [9.17, 15) is 9.59 Å². The number of hydrogen-bond acceptors (Lipinski definition) is 5. The fraction of sp³-hybridized carbons (Fsp3) is 0.280. The number of amides is 2. The summed E-state index contributed by atoms with van der Waals surface area (Å²) in [6.45, 7) is 3.07. The van der Waals surface area contributed by atoms with E-state index in [2.05, 4.69) is 15.5 Å². The third kappa shape index (κ3) is 5.29. The summed E-state index contributed by atoms with van der Waals surface area (Å²) in [4.78, 5) is 30.7. The van der Waals surface area contributed by atoms with Gasteiger partial charge in [0, 0.05) is 36.8 Å². The number of nitrogens with one attached hydrogen (secondary N) is 1. The molecule has 1 aliphatic rings. The maximum Gasteiger partial charge on any atom is 0.246 e. The molecular formula is C25H26N4O3. The van der Waals surface area contributed by atoms with E-state index in [1.165, 1.54) is 0 Å². The summed E-state index contributed by atoms with van der Waals surface area (Å²) in [5, 5.41) is 6.97. The number of carbonyl (C=O) groups excluding carboxylic acids is 2. The van der Waals surface area contributed by atoms with Gasteiger partial charge in [0.15, 0.2) is 0 Å². The molecular weight excluding hydrogens is 404 g/mol. The number of likely N-dealkylation sites (tertiary alicyclic amines) is 1. The quantitative estimate of drug-likeness (QED) is 0.582. The standard InChI is InChI=1S/C25H26N4O3/c1-2-22(30)26-21-12-6-10-19(16-21)24-27-25(32-28-24)20-11-7-15-29(17-20)23(31)14-13-18-8-4-3-5-9-18/h3-6,8-10,12-14,16,20H,2,7,11,15,17H2,1H3,(H,26,30)/b14-13+/t20-/m1/s1. The van der Waals surface area contributed by atoms with Crippen molar-refractivity contribution >= 4 is 23.6 Å². The van der Waals surface area contributed by atoms with Crippen molar-refractivity contribution in [2.24, 2.45) is 0 Å². The molecule has 1 atom stereocenters. The van der Waals surface area contributed by atoms with E-state index < -0.39 is 0 Å². The molecule has 7 heteroatoms. The van der Waals surface area contributed by atoms with Crippen LogP contribution in [0.25, 0.3) is 17.5 Å². The van der Waals surface area contributed by atoms with Crippen LogP contribution in [0.2, 0.25) is 0 Å². The molecule has 164 valence electrons. The van der Waals surface area contributed by atoms with Gasteiger partial charge in [0.05, 0.1) is 5.92 Å². The second kappa shape index (κ2) is 10.0. The summed E-state index contributed by atoms with van der Waals surface area (Å²) < 4.78 is 5.55. The third-order valence-electron chi connectivity index (χ3n) is 5.47. The first kappa shape index (κ1) is 21.5. The van der Waals surface area contributed by atoms with Gasteiger partial charge >= 0.3 is 0 Å². The van der Waals surface area contributed by atoms with Gasteiger partial charge in [-0.15, -0.1) is 0 Å². The molecule has 32 heavy (non-hydrogen) atoms. The van der Waals surface area contributed by atoms with Crippen molar-refractivity contribution in [1.82, 2.24) is 15.0 Å². The Balaban J connectivity index is 1.43. The first-order valence-electron chi connectivity index (χ1n) is 10.9. The van der Waals surface area contributed by atoms with Crippen molar-refractivity contribution in [3.05, 3.63) is 72.1 Å². The molecule has 1 aromatic heterocycles. The second-order valence-corrected chi connectivity index (χ2v) is 7.81. The zero-order chi connectivity index (χ0) is 22.3. The van der Waals surface area contributed by atoms with Crippen LogP contribution in [-0.4, -0.2) is 39.9 Å². The van der Waals surface area contributed by atoms with E-state index >= 15 is 0 Å². The Morgan fingerprint density at radius 3 is 2.84 bits per heavy atom. The molecule has 0 aliphatic carbocycles. The van der Waals surface area contributed by atoms with Crippen LogP contribution in [0.5, 0.6) is 0 Å². The van der Waals surface area contributed by atoms with Crippen LogP contribution in [0, 0.1) is 0 Å². The normalized spacial score (nSPS) is 16.3. The molecule has 0 spiro atoms. The largest absolute Gasteiger partial charge is 0.339 e. The molecule has 1 fully saturated rings. The molecule has 2 aromatic carbocycles. The lowest BCUT2D eigenvalue weighted by Crippen LogP contribution is -2.38. The van der Waals surface area contributed by atoms with Gasteiger partial charge in [-0.1, -0.05) is 54.5 Å². The van der Waals surface area contributed by atoms with E-state index in [1.54, 1.807) is 13.0 Å². The molecule has 0 unspecified atom stereocenters. The topological polar surface area (TPSA) is 88.3 Å². The molecule has 4 rings (SSSR count). The minimum Gasteiger partial charge on any atom is -0.339 e. The van der Waals surface area contributed by atoms with Crippen molar-refractivity contribution in [3.63, 3.8) is 0 Å². The Morgan fingerprint density at radius 1 is 1.19 bits per heavy atom. The Morgan fingerprint density at radius 2 is 2.03 bits per heavy atom. The predicted molar refractivity (Wildman–Crippen MR) is 123 cm³/mol. The minimum absolute atomic E-state index is 0.00190. The fourth-order valence-electron chi connectivity index (χ4n) is 3.72. The molecule has 0 bridgehead atoms. The summed E-state index contributed by atoms with van der Waals surface area (Å²) in [6.07, 6.45) is 5.63. The smallest absolute Gasteiger partial charge is 0.246 e. The first-order chi connectivity index (χ1) is 15.6. The van der Waals surface area contributed by atoms with Gasteiger partial charge in [-0.3, -0.25) is 9.59 Å². The molecule has 2 heterocycles. The van der Waals surface area contributed by atoms with Crippen LogP contribution in [0.1, 0.15) is 43.6 Å². The second-order valence-electron chi connectivity index (χ2n) is 7.81. The van der Waals surface area contributed by atoms with Crippen molar-refractivity contribution in [1.29, 1.82) is 0 Å². The Bertz CT molecular complexity index is 1110. The molecule has 1 N–H and O–H groups in total. The summed E-state index contributed by atoms with van der Waals surface area (Å²) in [7, 11) is 0. The lowest BCUT2D eigenvalue weighted by atomic mass is 9.98. The highest BCUT2D eigenvalue weighted by molar-refractivity contribution is 5.92. The summed E-state index contributed by atoms with van der Waals surface area (Å²) in [6, 6.07) is 17.1. The minimum atomic E-state index is -0.0516. The average Bonchev–Trinajstić information content (AvgIpc) is 3.34. The lowest BCUT2D eigenvalue weighted by Gasteiger charge is -2.30. The molecule has 0 radical (unpaired) electrons. The lowest BCUT2D eigenvalue weighted by molar-refractivity contribution is -0.127. The van der Waals surface area contributed by atoms with Gasteiger partial charge in [-0.25, -0.2) is 0 Å². The molecule has 3 aromatic rings. The van der Waals surface area contributed by atoms with Gasteiger partial charge in [-0.05, 0) is 36.6 Å². The first-order valence-corrected chi connectivity index (χ1v) is 10.9. The number of rotatable bonds is 6. The number of anilines is 1. The highest BCUT2D eigenvalue weighted by atomic mass is 16.5. The fourth-order valence-corrected chi connectivity index (χ4v) is 3.72. The average molecular weight is 431 g/mol. The molecule has 1 saturated heterocycles. The predicted octanol–water partition coefficient (Wildman–Crippen LogP) is 4.50. The molecule has 1 aliphatic heterocycles. The summed E-state index contributed by atoms with van der Waals surface area (Å²) >= 11 is 0. The van der Waals surface area contributed by atoms with Crippen LogP contribution in [0.4, 0.5) is 5.69 Å². The van der Waals surface area contributed by atoms with Crippen molar-refractivity contribution in [2.75, 3.05) is 18.4 Å². The summed E-state index contributed by atoms with van der Waals surface area (Å²) in [5.41, 5.74) is 2.46. The van der Waals surface area contributed by atoms with Crippen LogP contribution in [-0.2, 0) is 9.59 Å². The Kier molecular flexibility index (Phi) is 6.75. The van der Waals surface area contributed by atoms with Crippen LogP contribution in [0.3, 0.4) is 0 Å². The van der Waals surface area contributed by atoms with Gasteiger partial charge in [-0.2, -0.15) is 4.98 Å². The van der Waals surface area contributed by atoms with Gasteiger partial charge < -0.3 is 14.7 Å². The zero-order valence-electron chi connectivity index (χ0n) is 18.0. The number of aromatic nitrogens is 2. The van der Waals surface area contributed by atoms with E-state index in [0.29, 0.717) is 36.9 Å². The van der Waals surface area contributed by atoms with Crippen molar-refractivity contribution in [3.8, 4) is 11.4 Å². The van der Waals surface area contributed by atoms with E-state index in [0.717, 1.165) is 24.0 Å². The highest BCUT2D eigenvalue weighted by Crippen LogP contribution is 2.28.